The molecule has 1 aromatic carbocycles. The number of nitrogens with one attached hydrogen (secondary N) is 1. The second-order valence-corrected chi connectivity index (χ2v) is 4.70. The van der Waals surface area contributed by atoms with Crippen LogP contribution in [0.15, 0.2) is 22.7 Å². The fourth-order valence-corrected chi connectivity index (χ4v) is 2.21. The first-order chi connectivity index (χ1) is 7.67. The number of pyridine rings is 1. The van der Waals surface area contributed by atoms with Gasteiger partial charge in [-0.15, -0.1) is 0 Å². The molecule has 2 nitrogen and oxygen atoms in total. The Labute approximate surface area is 104 Å². The number of aromatic nitrogens is 1. The van der Waals surface area contributed by atoms with Crippen molar-refractivity contribution in [2.45, 2.75) is 20.3 Å². The lowest BCUT2D eigenvalue weighted by atomic mass is 10.1. The molecule has 0 spiro atoms. The van der Waals surface area contributed by atoms with E-state index in [1.54, 1.807) is 0 Å². The number of benzene rings is 1. The Bertz CT molecular complexity index is 535. The molecule has 0 bridgehead atoms. The molecule has 0 saturated heterocycles. The number of rotatable bonds is 2. The Morgan fingerprint density at radius 3 is 2.75 bits per heavy atom. The summed E-state index contributed by atoms with van der Waals surface area (Å²) in [7, 11) is 1.92. The van der Waals surface area contributed by atoms with Gasteiger partial charge in [0.15, 0.2) is 0 Å². The molecule has 0 amide bonds. The summed E-state index contributed by atoms with van der Waals surface area (Å²) in [5.41, 5.74) is 3.52. The summed E-state index contributed by atoms with van der Waals surface area (Å²) in [6.45, 7) is 4.24. The standard InChI is InChI=1S/C13H15BrN2/c1-4-9-7-10-5-6-11(14)8(2)12(10)16-13(9)15-3/h5-7H,4H2,1-3H3,(H,15,16). The van der Waals surface area contributed by atoms with Crippen LogP contribution in [0.4, 0.5) is 5.82 Å². The molecule has 0 saturated carbocycles. The monoisotopic (exact) mass is 278 g/mol. The number of hydrogen-bond donors (Lipinski definition) is 1. The Hall–Kier alpha value is -1.09. The van der Waals surface area contributed by atoms with Crippen molar-refractivity contribution in [3.05, 3.63) is 33.8 Å². The van der Waals surface area contributed by atoms with Gasteiger partial charge >= 0.3 is 0 Å². The first-order valence-electron chi connectivity index (χ1n) is 5.43. The fraction of sp³-hybridized carbons (Fsp3) is 0.308. The smallest absolute Gasteiger partial charge is 0.129 e. The highest BCUT2D eigenvalue weighted by Crippen LogP contribution is 2.27. The van der Waals surface area contributed by atoms with E-state index in [4.69, 9.17) is 0 Å². The molecule has 0 aliphatic carbocycles. The number of anilines is 1. The lowest BCUT2D eigenvalue weighted by molar-refractivity contribution is 1.11. The van der Waals surface area contributed by atoms with Crippen molar-refractivity contribution in [2.75, 3.05) is 12.4 Å². The molecule has 84 valence electrons. The maximum Gasteiger partial charge on any atom is 0.129 e. The molecular formula is C13H15BrN2. The molecule has 0 aliphatic heterocycles. The molecule has 3 heteroatoms. The molecule has 1 aromatic heterocycles. The van der Waals surface area contributed by atoms with Crippen LogP contribution < -0.4 is 5.32 Å². The fourth-order valence-electron chi connectivity index (χ4n) is 1.89. The summed E-state index contributed by atoms with van der Waals surface area (Å²) in [5.74, 6) is 0.983. The first kappa shape index (κ1) is 11.4. The highest BCUT2D eigenvalue weighted by atomic mass is 79.9. The Morgan fingerprint density at radius 1 is 1.38 bits per heavy atom. The van der Waals surface area contributed by atoms with E-state index in [9.17, 15) is 0 Å². The number of nitrogens with zero attached hydrogens (tertiary/aromatic N) is 1. The van der Waals surface area contributed by atoms with E-state index >= 15 is 0 Å². The second-order valence-electron chi connectivity index (χ2n) is 3.84. The van der Waals surface area contributed by atoms with Crippen molar-refractivity contribution < 1.29 is 0 Å². The maximum atomic E-state index is 4.68. The highest BCUT2D eigenvalue weighted by molar-refractivity contribution is 9.10. The van der Waals surface area contributed by atoms with Gasteiger partial charge in [-0.2, -0.15) is 0 Å². The lowest BCUT2D eigenvalue weighted by Gasteiger charge is -2.10. The number of aryl methyl sites for hydroxylation is 2. The minimum absolute atomic E-state index is 0.983. The zero-order chi connectivity index (χ0) is 11.7. The molecule has 0 fully saturated rings. The van der Waals surface area contributed by atoms with Crippen LogP contribution in [0.5, 0.6) is 0 Å². The molecule has 0 aliphatic rings. The normalized spacial score (nSPS) is 10.8. The van der Waals surface area contributed by atoms with E-state index in [0.717, 1.165) is 22.2 Å². The van der Waals surface area contributed by atoms with E-state index in [0.29, 0.717) is 0 Å². The third-order valence-corrected chi connectivity index (χ3v) is 3.73. The summed E-state index contributed by atoms with van der Waals surface area (Å²) < 4.78 is 1.11. The quantitative estimate of drug-likeness (QED) is 0.901. The molecule has 0 atom stereocenters. The zero-order valence-electron chi connectivity index (χ0n) is 9.76. The van der Waals surface area contributed by atoms with Gasteiger partial charge in [0.2, 0.25) is 0 Å². The van der Waals surface area contributed by atoms with Gasteiger partial charge in [0.1, 0.15) is 5.82 Å². The first-order valence-corrected chi connectivity index (χ1v) is 6.23. The van der Waals surface area contributed by atoms with E-state index < -0.39 is 0 Å². The number of halogens is 1. The zero-order valence-corrected chi connectivity index (χ0v) is 11.4. The minimum atomic E-state index is 0.983. The van der Waals surface area contributed by atoms with Gasteiger partial charge in [-0.3, -0.25) is 0 Å². The minimum Gasteiger partial charge on any atom is -0.373 e. The third-order valence-electron chi connectivity index (χ3n) is 2.87. The summed E-state index contributed by atoms with van der Waals surface area (Å²) in [4.78, 5) is 4.68. The summed E-state index contributed by atoms with van der Waals surface area (Å²) in [6, 6.07) is 6.41. The number of hydrogen-bond acceptors (Lipinski definition) is 2. The maximum absolute atomic E-state index is 4.68. The molecule has 0 unspecified atom stereocenters. The number of fused-ring (bicyclic) bond motifs is 1. The second kappa shape index (κ2) is 4.42. The Kier molecular flexibility index (Phi) is 3.15. The van der Waals surface area contributed by atoms with Crippen molar-refractivity contribution in [1.29, 1.82) is 0 Å². The molecular weight excluding hydrogens is 264 g/mol. The summed E-state index contributed by atoms with van der Waals surface area (Å²) in [6.07, 6.45) is 0.994. The average Bonchev–Trinajstić information content (AvgIpc) is 2.32. The van der Waals surface area contributed by atoms with E-state index in [1.807, 2.05) is 7.05 Å². The van der Waals surface area contributed by atoms with Gasteiger partial charge in [0.25, 0.3) is 0 Å². The average molecular weight is 279 g/mol. The van der Waals surface area contributed by atoms with Crippen LogP contribution in [0.3, 0.4) is 0 Å². The van der Waals surface area contributed by atoms with Crippen LogP contribution in [0, 0.1) is 6.92 Å². The van der Waals surface area contributed by atoms with Gasteiger partial charge < -0.3 is 5.32 Å². The van der Waals surface area contributed by atoms with Crippen molar-refractivity contribution in [1.82, 2.24) is 4.98 Å². The molecule has 2 aromatic rings. The van der Waals surface area contributed by atoms with Crippen LogP contribution in [-0.2, 0) is 6.42 Å². The highest BCUT2D eigenvalue weighted by Gasteiger charge is 2.07. The Balaban J connectivity index is 2.78. The van der Waals surface area contributed by atoms with E-state index in [-0.39, 0.29) is 0 Å². The summed E-state index contributed by atoms with van der Waals surface area (Å²) >= 11 is 3.54. The van der Waals surface area contributed by atoms with Crippen molar-refractivity contribution in [3.8, 4) is 0 Å². The molecule has 0 radical (unpaired) electrons. The predicted molar refractivity (Wildman–Crippen MR) is 73.1 cm³/mol. The van der Waals surface area contributed by atoms with Crippen LogP contribution >= 0.6 is 15.9 Å². The van der Waals surface area contributed by atoms with E-state index in [2.05, 4.69) is 58.3 Å². The topological polar surface area (TPSA) is 24.9 Å². The van der Waals surface area contributed by atoms with Crippen LogP contribution in [-0.4, -0.2) is 12.0 Å². The van der Waals surface area contributed by atoms with Gasteiger partial charge in [-0.1, -0.05) is 28.9 Å². The van der Waals surface area contributed by atoms with Crippen LogP contribution in [0.1, 0.15) is 18.1 Å². The predicted octanol–water partition coefficient (Wildman–Crippen LogP) is 3.91. The van der Waals surface area contributed by atoms with Crippen molar-refractivity contribution >= 4 is 32.7 Å². The van der Waals surface area contributed by atoms with Crippen LogP contribution in [0.2, 0.25) is 0 Å². The van der Waals surface area contributed by atoms with Gasteiger partial charge in [0, 0.05) is 16.9 Å². The van der Waals surface area contributed by atoms with Crippen LogP contribution in [0.25, 0.3) is 10.9 Å². The van der Waals surface area contributed by atoms with Crippen molar-refractivity contribution in [3.63, 3.8) is 0 Å². The lowest BCUT2D eigenvalue weighted by Crippen LogP contribution is -1.99. The Morgan fingerprint density at radius 2 is 2.12 bits per heavy atom. The molecule has 1 N–H and O–H groups in total. The molecule has 16 heavy (non-hydrogen) atoms. The third kappa shape index (κ3) is 1.80. The SMILES string of the molecule is CCc1cc2ccc(Br)c(C)c2nc1NC. The largest absolute Gasteiger partial charge is 0.373 e. The van der Waals surface area contributed by atoms with Gasteiger partial charge in [0.05, 0.1) is 5.52 Å². The van der Waals surface area contributed by atoms with Gasteiger partial charge in [-0.05, 0) is 36.6 Å². The molecule has 1 heterocycles. The van der Waals surface area contributed by atoms with Crippen molar-refractivity contribution in [2.24, 2.45) is 0 Å². The van der Waals surface area contributed by atoms with E-state index in [1.165, 1.54) is 16.5 Å². The van der Waals surface area contributed by atoms with Gasteiger partial charge in [-0.25, -0.2) is 4.98 Å². The molecule has 2 rings (SSSR count). The summed E-state index contributed by atoms with van der Waals surface area (Å²) in [5, 5.41) is 4.36.